The van der Waals surface area contributed by atoms with E-state index in [0.29, 0.717) is 0 Å². The molecule has 0 unspecified atom stereocenters. The molecule has 0 spiro atoms. The molecule has 5 rings (SSSR count). The highest BCUT2D eigenvalue weighted by Crippen LogP contribution is 2.29. The maximum Gasteiger partial charge on any atom is 0.350 e. The minimum Gasteiger partial charge on any atom is -0.385 e. The van der Waals surface area contributed by atoms with Gasteiger partial charge in [0, 0.05) is 10.8 Å². The van der Waals surface area contributed by atoms with E-state index in [1.165, 1.54) is 0 Å². The van der Waals surface area contributed by atoms with Crippen molar-refractivity contribution in [3.8, 4) is 0 Å². The summed E-state index contributed by atoms with van der Waals surface area (Å²) >= 11 is 0. The fraction of sp³-hybridized carbons (Fsp3) is 0. The largest absolute Gasteiger partial charge is 0.385 e. The van der Waals surface area contributed by atoms with Gasteiger partial charge in [-0.25, -0.2) is 9.59 Å². The monoisotopic (exact) mass is 278 g/mol. The van der Waals surface area contributed by atoms with Crippen molar-refractivity contribution in [3.05, 3.63) is 68.4 Å². The summed E-state index contributed by atoms with van der Waals surface area (Å²) in [6.07, 6.45) is 0. The Morgan fingerprint density at radius 3 is 1.52 bits per heavy atom. The molecule has 2 aliphatic rings. The third-order valence-corrected chi connectivity index (χ3v) is 3.68. The molecule has 21 heavy (non-hydrogen) atoms. The second-order valence-electron chi connectivity index (χ2n) is 4.83. The van der Waals surface area contributed by atoms with E-state index in [1.54, 1.807) is 12.1 Å². The van der Waals surface area contributed by atoms with Crippen molar-refractivity contribution in [1.82, 2.24) is 0 Å². The van der Waals surface area contributed by atoms with Gasteiger partial charge in [-0.05, 0) is 22.9 Å². The molecule has 0 radical (unpaired) electrons. The van der Waals surface area contributed by atoms with Crippen LogP contribution >= 0.6 is 0 Å². The predicted molar refractivity (Wildman–Crippen MR) is 74.9 cm³/mol. The Bertz CT molecular complexity index is 1020. The molecule has 0 N–H and O–H groups in total. The van der Waals surface area contributed by atoms with Crippen molar-refractivity contribution < 1.29 is 14.0 Å². The number of carbonyl (C=O) groups is 2. The minimum absolute atomic E-state index is 0.282. The standard InChI is InChI=1S/C16H6O5/c17-13-11-9-5-7-3-1-2-4-8(7)6-10(9)12(14(13)18)16(20)21-15(11)19/h1-6H. The van der Waals surface area contributed by atoms with E-state index in [-0.39, 0.29) is 21.9 Å². The maximum atomic E-state index is 12.0. The van der Waals surface area contributed by atoms with E-state index in [1.807, 2.05) is 24.3 Å². The van der Waals surface area contributed by atoms with E-state index in [4.69, 9.17) is 0 Å². The van der Waals surface area contributed by atoms with Gasteiger partial charge < -0.3 is 4.42 Å². The molecule has 0 saturated carbocycles. The molecule has 5 heteroatoms. The molecule has 1 aliphatic heterocycles. The molecule has 0 saturated heterocycles. The zero-order valence-corrected chi connectivity index (χ0v) is 10.5. The van der Waals surface area contributed by atoms with Gasteiger partial charge in [-0.2, -0.15) is 0 Å². The van der Waals surface area contributed by atoms with Crippen LogP contribution in [0.3, 0.4) is 0 Å². The van der Waals surface area contributed by atoms with Crippen LogP contribution in [0.15, 0.2) is 50.4 Å². The Kier molecular flexibility index (Phi) is 2.08. The summed E-state index contributed by atoms with van der Waals surface area (Å²) in [6.45, 7) is 0. The van der Waals surface area contributed by atoms with Crippen molar-refractivity contribution in [1.29, 1.82) is 0 Å². The summed E-state index contributed by atoms with van der Waals surface area (Å²) in [5.41, 5.74) is -2.87. The van der Waals surface area contributed by atoms with Crippen molar-refractivity contribution in [2.75, 3.05) is 0 Å². The second kappa shape index (κ2) is 3.73. The van der Waals surface area contributed by atoms with Crippen molar-refractivity contribution in [2.45, 2.75) is 0 Å². The van der Waals surface area contributed by atoms with Gasteiger partial charge in [0.1, 0.15) is 11.1 Å². The molecule has 2 aromatic carbocycles. The van der Waals surface area contributed by atoms with Crippen LogP contribution in [-0.2, 0) is 0 Å². The van der Waals surface area contributed by atoms with Crippen LogP contribution < -0.4 is 11.3 Å². The van der Waals surface area contributed by atoms with Gasteiger partial charge in [-0.15, -0.1) is 0 Å². The number of hydrogen-bond acceptors (Lipinski definition) is 5. The van der Waals surface area contributed by atoms with Gasteiger partial charge in [0.05, 0.1) is 0 Å². The molecular weight excluding hydrogens is 272 g/mol. The Morgan fingerprint density at radius 2 is 1.10 bits per heavy atom. The van der Waals surface area contributed by atoms with Gasteiger partial charge in [-0.3, -0.25) is 9.59 Å². The molecule has 2 bridgehead atoms. The average Bonchev–Trinajstić information content (AvgIpc) is 2.61. The van der Waals surface area contributed by atoms with Crippen LogP contribution in [0.25, 0.3) is 21.5 Å². The summed E-state index contributed by atoms with van der Waals surface area (Å²) in [4.78, 5) is 47.7. The van der Waals surface area contributed by atoms with Crippen LogP contribution in [-0.4, -0.2) is 11.6 Å². The summed E-state index contributed by atoms with van der Waals surface area (Å²) in [5.74, 6) is -1.97. The summed E-state index contributed by atoms with van der Waals surface area (Å²) in [7, 11) is 0. The number of hydrogen-bond donors (Lipinski definition) is 0. The topological polar surface area (TPSA) is 81.4 Å². The third kappa shape index (κ3) is 1.40. The smallest absolute Gasteiger partial charge is 0.350 e. The third-order valence-electron chi connectivity index (χ3n) is 3.68. The minimum atomic E-state index is -1.07. The quantitative estimate of drug-likeness (QED) is 0.584. The Hall–Kier alpha value is -3.08. The van der Waals surface area contributed by atoms with Gasteiger partial charge in [-0.1, -0.05) is 24.3 Å². The van der Waals surface area contributed by atoms with Crippen molar-refractivity contribution >= 4 is 33.1 Å². The molecule has 100 valence electrons. The first kappa shape index (κ1) is 11.7. The van der Waals surface area contributed by atoms with E-state index >= 15 is 0 Å². The van der Waals surface area contributed by atoms with Crippen LogP contribution in [0.1, 0.15) is 20.7 Å². The Morgan fingerprint density at radius 1 is 0.667 bits per heavy atom. The van der Waals surface area contributed by atoms with Crippen LogP contribution in [0, 0.1) is 0 Å². The lowest BCUT2D eigenvalue weighted by atomic mass is 9.90. The van der Waals surface area contributed by atoms with Crippen LogP contribution in [0.4, 0.5) is 0 Å². The van der Waals surface area contributed by atoms with E-state index in [0.717, 1.165) is 10.8 Å². The van der Waals surface area contributed by atoms with Gasteiger partial charge in [0.2, 0.25) is 11.6 Å². The normalized spacial score (nSPS) is 13.3. The molecule has 1 aromatic heterocycles. The first-order chi connectivity index (χ1) is 10.1. The molecule has 5 nitrogen and oxygen atoms in total. The maximum absolute atomic E-state index is 12.0. The SMILES string of the molecule is O=C1C(=O)c2c(=O)oc(=O)c1c1cc3ccccc3cc21. The molecule has 0 amide bonds. The fourth-order valence-electron chi connectivity index (χ4n) is 2.72. The zero-order chi connectivity index (χ0) is 14.7. The molecule has 3 aromatic rings. The number of benzene rings is 2. The first-order valence-corrected chi connectivity index (χ1v) is 6.21. The first-order valence-electron chi connectivity index (χ1n) is 6.21. The number of ketones is 2. The van der Waals surface area contributed by atoms with Crippen LogP contribution in [0.5, 0.6) is 0 Å². The summed E-state index contributed by atoms with van der Waals surface area (Å²) in [6, 6.07) is 10.5. The molecule has 2 heterocycles. The number of rotatable bonds is 0. The van der Waals surface area contributed by atoms with Gasteiger partial charge >= 0.3 is 11.3 Å². The van der Waals surface area contributed by atoms with Crippen molar-refractivity contribution in [2.24, 2.45) is 0 Å². The average molecular weight is 278 g/mol. The highest BCUT2D eigenvalue weighted by Gasteiger charge is 2.34. The Balaban J connectivity index is 2.44. The van der Waals surface area contributed by atoms with E-state index in [2.05, 4.69) is 4.42 Å². The van der Waals surface area contributed by atoms with Gasteiger partial charge in [0.15, 0.2) is 0 Å². The number of carbonyl (C=O) groups excluding carboxylic acids is 2. The molecule has 0 fully saturated rings. The second-order valence-corrected chi connectivity index (χ2v) is 4.83. The zero-order valence-electron chi connectivity index (χ0n) is 10.5. The molecule has 1 aliphatic carbocycles. The van der Waals surface area contributed by atoms with Crippen LogP contribution in [0.2, 0.25) is 0 Å². The lowest BCUT2D eigenvalue weighted by Crippen LogP contribution is -2.24. The summed E-state index contributed by atoms with van der Waals surface area (Å²) in [5, 5.41) is 2.17. The van der Waals surface area contributed by atoms with Gasteiger partial charge in [0.25, 0.3) is 0 Å². The van der Waals surface area contributed by atoms with Crippen molar-refractivity contribution in [3.63, 3.8) is 0 Å². The fourth-order valence-corrected chi connectivity index (χ4v) is 2.72. The number of fused-ring (bicyclic) bond motifs is 4. The highest BCUT2D eigenvalue weighted by molar-refractivity contribution is 6.54. The lowest BCUT2D eigenvalue weighted by molar-refractivity contribution is 0.0817. The summed E-state index contributed by atoms with van der Waals surface area (Å²) < 4.78 is 4.55. The predicted octanol–water partition coefficient (Wildman–Crippen LogP) is 1.69. The highest BCUT2D eigenvalue weighted by atomic mass is 16.4. The lowest BCUT2D eigenvalue weighted by Gasteiger charge is -2.08. The van der Waals surface area contributed by atoms with E-state index in [9.17, 15) is 19.2 Å². The molecule has 0 atom stereocenters. The Labute approximate surface area is 116 Å². The van der Waals surface area contributed by atoms with E-state index < -0.39 is 22.8 Å². The number of Topliss-reactive ketones (excluding diaryl/α,β-unsaturated/α-hetero) is 2. The molecular formula is C16H6O5.